The Morgan fingerprint density at radius 1 is 1.05 bits per heavy atom. The number of carboxylic acid groups (broad SMARTS) is 1. The van der Waals surface area contributed by atoms with Gasteiger partial charge in [-0.05, 0) is 24.3 Å². The van der Waals surface area contributed by atoms with Crippen molar-refractivity contribution in [1.29, 1.82) is 0 Å². The van der Waals surface area contributed by atoms with Crippen molar-refractivity contribution in [2.75, 3.05) is 0 Å². The Kier molecular flexibility index (Phi) is 4.76. The van der Waals surface area contributed by atoms with Gasteiger partial charge in [-0.2, -0.15) is 0 Å². The van der Waals surface area contributed by atoms with Gasteiger partial charge >= 0.3 is 5.97 Å². The maximum Gasteiger partial charge on any atom is 0.309 e. The summed E-state index contributed by atoms with van der Waals surface area (Å²) in [6, 6.07) is 6.29. The van der Waals surface area contributed by atoms with E-state index < -0.39 is 5.97 Å². The molecule has 0 amide bonds. The lowest BCUT2D eigenvalue weighted by atomic mass is 10.1. The lowest BCUT2D eigenvalue weighted by molar-refractivity contribution is -0.136. The molecule has 0 aliphatic carbocycles. The van der Waals surface area contributed by atoms with Crippen LogP contribution < -0.4 is 0 Å². The number of hydrogen-bond acceptors (Lipinski definition) is 2. The summed E-state index contributed by atoms with van der Waals surface area (Å²) in [5.41, 5.74) is 1.37. The van der Waals surface area contributed by atoms with E-state index in [-0.39, 0.29) is 21.5 Å². The largest absolute Gasteiger partial charge is 0.481 e. The Hall–Kier alpha value is -1.000. The van der Waals surface area contributed by atoms with Crippen LogP contribution in [0.1, 0.15) is 5.69 Å². The van der Waals surface area contributed by atoms with Gasteiger partial charge in [-0.25, -0.2) is 0 Å². The lowest BCUT2D eigenvalue weighted by Gasteiger charge is -2.08. The summed E-state index contributed by atoms with van der Waals surface area (Å²) in [7, 11) is 0. The van der Waals surface area contributed by atoms with Crippen LogP contribution in [-0.4, -0.2) is 16.1 Å². The molecule has 0 spiro atoms. The van der Waals surface area contributed by atoms with Crippen molar-refractivity contribution in [3.63, 3.8) is 0 Å². The highest BCUT2D eigenvalue weighted by Gasteiger charge is 2.13. The average molecular weight is 351 g/mol. The van der Waals surface area contributed by atoms with E-state index in [4.69, 9.17) is 51.5 Å². The van der Waals surface area contributed by atoms with Gasteiger partial charge in [0.15, 0.2) is 0 Å². The molecule has 0 aliphatic heterocycles. The zero-order valence-electron chi connectivity index (χ0n) is 9.83. The molecule has 7 heteroatoms. The van der Waals surface area contributed by atoms with Gasteiger partial charge in [0.05, 0.1) is 37.9 Å². The van der Waals surface area contributed by atoms with Crippen LogP contribution in [0.15, 0.2) is 24.3 Å². The Morgan fingerprint density at radius 3 is 2.20 bits per heavy atom. The Balaban J connectivity index is 2.54. The van der Waals surface area contributed by atoms with Gasteiger partial charge in [0.1, 0.15) is 0 Å². The standard InChI is InChI=1S/C13H7Cl4NO2/c14-8-2-1-7(5-11(19)20)18-13(8)6-3-9(15)12(17)10(16)4-6/h1-4H,5H2,(H,19,20). The highest BCUT2D eigenvalue weighted by molar-refractivity contribution is 6.48. The van der Waals surface area contributed by atoms with Crippen molar-refractivity contribution in [1.82, 2.24) is 4.98 Å². The summed E-state index contributed by atoms with van der Waals surface area (Å²) in [6.45, 7) is 0. The van der Waals surface area contributed by atoms with Crippen LogP contribution in [0.5, 0.6) is 0 Å². The van der Waals surface area contributed by atoms with E-state index in [1.54, 1.807) is 24.3 Å². The van der Waals surface area contributed by atoms with Crippen LogP contribution in [0.3, 0.4) is 0 Å². The van der Waals surface area contributed by atoms with Gasteiger partial charge in [-0.15, -0.1) is 0 Å². The van der Waals surface area contributed by atoms with Crippen molar-refractivity contribution < 1.29 is 9.90 Å². The van der Waals surface area contributed by atoms with E-state index >= 15 is 0 Å². The molecule has 2 aromatic rings. The third kappa shape index (κ3) is 3.36. The number of carboxylic acids is 1. The molecular formula is C13H7Cl4NO2. The number of benzene rings is 1. The second-order valence-electron chi connectivity index (χ2n) is 3.96. The van der Waals surface area contributed by atoms with Crippen LogP contribution in [-0.2, 0) is 11.2 Å². The molecule has 1 aromatic carbocycles. The molecule has 1 heterocycles. The Labute approximate surface area is 135 Å². The van der Waals surface area contributed by atoms with Crippen LogP contribution in [0.25, 0.3) is 11.3 Å². The van der Waals surface area contributed by atoms with Crippen molar-refractivity contribution in [3.05, 3.63) is 50.0 Å². The van der Waals surface area contributed by atoms with Crippen molar-refractivity contribution in [2.24, 2.45) is 0 Å². The van der Waals surface area contributed by atoms with Gasteiger partial charge in [-0.3, -0.25) is 9.78 Å². The molecule has 0 saturated carbocycles. The van der Waals surface area contributed by atoms with Gasteiger partial charge < -0.3 is 5.11 Å². The summed E-state index contributed by atoms with van der Waals surface area (Å²) in [4.78, 5) is 14.9. The monoisotopic (exact) mass is 349 g/mol. The van der Waals surface area contributed by atoms with Gasteiger partial charge in [0.25, 0.3) is 0 Å². The highest BCUT2D eigenvalue weighted by Crippen LogP contribution is 2.36. The first-order valence-electron chi connectivity index (χ1n) is 5.40. The van der Waals surface area contributed by atoms with Crippen molar-refractivity contribution in [2.45, 2.75) is 6.42 Å². The number of halogens is 4. The third-order valence-corrected chi connectivity index (χ3v) is 4.00. The number of pyridine rings is 1. The van der Waals surface area contributed by atoms with Gasteiger partial charge in [0.2, 0.25) is 0 Å². The predicted octanol–water partition coefficient (Wildman–Crippen LogP) is 4.99. The molecule has 0 atom stereocenters. The first-order valence-corrected chi connectivity index (χ1v) is 6.92. The quantitative estimate of drug-likeness (QED) is 0.793. The van der Waals surface area contributed by atoms with Crippen LogP contribution in [0.2, 0.25) is 20.1 Å². The van der Waals surface area contributed by atoms with Crippen molar-refractivity contribution in [3.8, 4) is 11.3 Å². The minimum Gasteiger partial charge on any atom is -0.481 e. The molecule has 3 nitrogen and oxygen atoms in total. The second-order valence-corrected chi connectivity index (χ2v) is 5.56. The van der Waals surface area contributed by atoms with Gasteiger partial charge in [-0.1, -0.05) is 46.4 Å². The third-order valence-electron chi connectivity index (χ3n) is 2.49. The highest BCUT2D eigenvalue weighted by atomic mass is 35.5. The van der Waals surface area contributed by atoms with Crippen molar-refractivity contribution >= 4 is 52.4 Å². The lowest BCUT2D eigenvalue weighted by Crippen LogP contribution is -2.03. The number of nitrogens with zero attached hydrogens (tertiary/aromatic N) is 1. The summed E-state index contributed by atoms with van der Waals surface area (Å²) in [5.74, 6) is -0.974. The molecular weight excluding hydrogens is 344 g/mol. The van der Waals surface area contributed by atoms with Crippen LogP contribution >= 0.6 is 46.4 Å². The maximum absolute atomic E-state index is 10.7. The van der Waals surface area contributed by atoms with E-state index in [0.29, 0.717) is 22.0 Å². The first-order chi connectivity index (χ1) is 9.38. The molecule has 0 radical (unpaired) electrons. The fourth-order valence-electron chi connectivity index (χ4n) is 1.63. The van der Waals surface area contributed by atoms with E-state index in [0.717, 1.165) is 0 Å². The molecule has 1 N–H and O–H groups in total. The van der Waals surface area contributed by atoms with Gasteiger partial charge in [0, 0.05) is 5.56 Å². The molecule has 1 aromatic heterocycles. The summed E-state index contributed by atoms with van der Waals surface area (Å²) >= 11 is 23.9. The minimum atomic E-state index is -0.974. The zero-order valence-corrected chi connectivity index (χ0v) is 12.9. The Bertz CT molecular complexity index is 665. The molecule has 0 fully saturated rings. The number of hydrogen-bond donors (Lipinski definition) is 1. The number of carbonyl (C=O) groups is 1. The molecule has 104 valence electrons. The topological polar surface area (TPSA) is 50.2 Å². The fraction of sp³-hybridized carbons (Fsp3) is 0.0769. The number of aliphatic carboxylic acids is 1. The summed E-state index contributed by atoms with van der Waals surface area (Å²) in [6.07, 6.45) is -0.195. The van der Waals surface area contributed by atoms with E-state index in [9.17, 15) is 4.79 Å². The minimum absolute atomic E-state index is 0.195. The number of aromatic nitrogens is 1. The smallest absolute Gasteiger partial charge is 0.309 e. The SMILES string of the molecule is O=C(O)Cc1ccc(Cl)c(-c2cc(Cl)c(Cl)c(Cl)c2)n1. The normalized spacial score (nSPS) is 10.6. The van der Waals surface area contributed by atoms with E-state index in [2.05, 4.69) is 4.98 Å². The van der Waals surface area contributed by atoms with Crippen LogP contribution in [0.4, 0.5) is 0 Å². The van der Waals surface area contributed by atoms with E-state index in [1.165, 1.54) is 0 Å². The fourth-order valence-corrected chi connectivity index (χ4v) is 2.44. The van der Waals surface area contributed by atoms with Crippen LogP contribution in [0, 0.1) is 0 Å². The molecule has 0 bridgehead atoms. The maximum atomic E-state index is 10.7. The average Bonchev–Trinajstić information content (AvgIpc) is 2.37. The molecule has 0 aliphatic rings. The molecule has 20 heavy (non-hydrogen) atoms. The summed E-state index contributed by atoms with van der Waals surface area (Å²) < 4.78 is 0. The zero-order chi connectivity index (χ0) is 14.9. The molecule has 0 saturated heterocycles. The first kappa shape index (κ1) is 15.4. The molecule has 0 unspecified atom stereocenters. The molecule has 2 rings (SSSR count). The predicted molar refractivity (Wildman–Crippen MR) is 81.1 cm³/mol. The number of rotatable bonds is 3. The second kappa shape index (κ2) is 6.19. The van der Waals surface area contributed by atoms with E-state index in [1.807, 2.05) is 0 Å². The summed E-state index contributed by atoms with van der Waals surface area (Å²) in [5, 5.41) is 9.95. The Morgan fingerprint density at radius 2 is 1.65 bits per heavy atom.